The average molecular weight is 823 g/mol. The molecule has 1 heterocycles. The summed E-state index contributed by atoms with van der Waals surface area (Å²) >= 11 is 6.04. The van der Waals surface area contributed by atoms with E-state index in [1.807, 2.05) is 24.3 Å². The smallest absolute Gasteiger partial charge is 0.422 e. The summed E-state index contributed by atoms with van der Waals surface area (Å²) < 4.78 is 48.6. The number of amides is 3. The lowest BCUT2D eigenvalue weighted by Gasteiger charge is -2.22. The van der Waals surface area contributed by atoms with Crippen LogP contribution >= 0.6 is 11.6 Å². The zero-order chi connectivity index (χ0) is 41.3. The van der Waals surface area contributed by atoms with E-state index in [4.69, 9.17) is 21.1 Å². The van der Waals surface area contributed by atoms with E-state index in [9.17, 15) is 32.3 Å². The Morgan fingerprint density at radius 2 is 1.50 bits per heavy atom. The number of carbonyl (C=O) groups is 4. The van der Waals surface area contributed by atoms with Crippen LogP contribution in [0.1, 0.15) is 78.8 Å². The molecular formula is C40H42ClF3N8O6. The molecule has 0 unspecified atom stereocenters. The molecule has 0 saturated heterocycles. The quantitative estimate of drug-likeness (QED) is 0.0629. The number of rotatable bonds is 15. The fourth-order valence-electron chi connectivity index (χ4n) is 6.61. The van der Waals surface area contributed by atoms with Gasteiger partial charge in [0.15, 0.2) is 6.61 Å². The van der Waals surface area contributed by atoms with Crippen LogP contribution in [-0.4, -0.2) is 71.1 Å². The Bertz CT molecular complexity index is 2080. The molecule has 3 aromatic carbocycles. The predicted octanol–water partition coefficient (Wildman–Crippen LogP) is 6.78. The highest BCUT2D eigenvalue weighted by atomic mass is 35.5. The maximum Gasteiger partial charge on any atom is 0.422 e. The minimum absolute atomic E-state index is 0.0249. The molecule has 306 valence electrons. The first kappa shape index (κ1) is 41.7. The number of halogens is 4. The van der Waals surface area contributed by atoms with Crippen molar-refractivity contribution in [3.05, 3.63) is 94.5 Å². The Kier molecular flexibility index (Phi) is 13.3. The van der Waals surface area contributed by atoms with Gasteiger partial charge < -0.3 is 36.1 Å². The fraction of sp³-hybridized carbons (Fsp3) is 0.375. The summed E-state index contributed by atoms with van der Waals surface area (Å²) in [5.41, 5.74) is 2.53. The molecule has 2 aliphatic carbocycles. The van der Waals surface area contributed by atoms with E-state index in [0.717, 1.165) is 25.5 Å². The molecule has 1 aromatic heterocycles. The van der Waals surface area contributed by atoms with Crippen molar-refractivity contribution in [2.75, 3.05) is 36.2 Å². The third-order valence-corrected chi connectivity index (χ3v) is 10.1. The second-order valence-electron chi connectivity index (χ2n) is 14.1. The molecule has 58 heavy (non-hydrogen) atoms. The molecule has 0 aliphatic heterocycles. The maximum atomic E-state index is 13.1. The van der Waals surface area contributed by atoms with Crippen LogP contribution < -0.4 is 31.3 Å². The van der Waals surface area contributed by atoms with Gasteiger partial charge in [0.1, 0.15) is 6.04 Å². The molecule has 6 rings (SSSR count). The van der Waals surface area contributed by atoms with Crippen LogP contribution in [0.2, 0.25) is 5.02 Å². The molecule has 5 N–H and O–H groups in total. The number of hydrogen-bond donors (Lipinski definition) is 5. The van der Waals surface area contributed by atoms with Crippen LogP contribution in [0.25, 0.3) is 0 Å². The van der Waals surface area contributed by atoms with Crippen molar-refractivity contribution in [3.63, 3.8) is 0 Å². The van der Waals surface area contributed by atoms with Gasteiger partial charge in [-0.15, -0.1) is 0 Å². The zero-order valence-corrected chi connectivity index (χ0v) is 32.2. The molecule has 0 bridgehead atoms. The molecule has 14 nitrogen and oxygen atoms in total. The molecular weight excluding hydrogens is 781 g/mol. The van der Waals surface area contributed by atoms with Crippen molar-refractivity contribution < 1.29 is 41.8 Å². The van der Waals surface area contributed by atoms with Gasteiger partial charge >= 0.3 is 30.0 Å². The number of nitrogens with one attached hydrogen (secondary N) is 5. The predicted molar refractivity (Wildman–Crippen MR) is 209 cm³/mol. The number of carbonyl (C=O) groups excluding carboxylic acids is 4. The van der Waals surface area contributed by atoms with E-state index in [1.54, 1.807) is 24.3 Å². The average Bonchev–Trinajstić information content (AvgIpc) is 4.00. The van der Waals surface area contributed by atoms with Crippen molar-refractivity contribution in [2.45, 2.75) is 75.0 Å². The van der Waals surface area contributed by atoms with E-state index >= 15 is 0 Å². The van der Waals surface area contributed by atoms with Gasteiger partial charge in [-0.3, -0.25) is 14.4 Å². The van der Waals surface area contributed by atoms with Gasteiger partial charge in [0.2, 0.25) is 11.9 Å². The largest absolute Gasteiger partial charge is 0.467 e. The van der Waals surface area contributed by atoms with Crippen molar-refractivity contribution in [2.24, 2.45) is 0 Å². The first-order chi connectivity index (χ1) is 27.8. The van der Waals surface area contributed by atoms with E-state index in [1.165, 1.54) is 49.1 Å². The Morgan fingerprint density at radius 1 is 0.845 bits per heavy atom. The van der Waals surface area contributed by atoms with Crippen LogP contribution in [0.4, 0.5) is 36.4 Å². The first-order valence-corrected chi connectivity index (χ1v) is 19.1. The molecule has 0 spiro atoms. The molecule has 4 aromatic rings. The number of esters is 1. The fourth-order valence-corrected chi connectivity index (χ4v) is 6.74. The second-order valence-corrected chi connectivity index (χ2v) is 14.5. The Balaban J connectivity index is 1.03. The lowest BCUT2D eigenvalue weighted by molar-refractivity contribution is -0.154. The molecule has 1 atom stereocenters. The van der Waals surface area contributed by atoms with Crippen molar-refractivity contribution in [1.29, 1.82) is 0 Å². The summed E-state index contributed by atoms with van der Waals surface area (Å²) in [6.07, 6.45) is 2.63. The van der Waals surface area contributed by atoms with Gasteiger partial charge in [-0.2, -0.15) is 28.1 Å². The van der Waals surface area contributed by atoms with E-state index in [0.29, 0.717) is 35.2 Å². The number of hydrogen-bond acceptors (Lipinski definition) is 11. The standard InChI is InChI=1S/C40H42ClF3N8O6/c1-57-35(56)31(19-22-45-33(54)34(55)46-29-15-7-25(8-16-29)24-5-3-2-4-6-24)48-32(53)26-9-17-30(18-10-26)47-36-49-37(51-38(50-36)58-23-40(42,43)44)52-39(20-21-39)27-11-13-28(41)14-12-27/h7-18,24,31H,2-6,19-23H2,1H3,(H,45,54)(H,46,55)(H,48,53)(H2,47,49,50,51,52)/t31-/m0/s1. The van der Waals surface area contributed by atoms with Crippen LogP contribution in [0, 0.1) is 0 Å². The third kappa shape index (κ3) is 11.6. The first-order valence-electron chi connectivity index (χ1n) is 18.7. The van der Waals surface area contributed by atoms with Gasteiger partial charge in [0, 0.05) is 28.5 Å². The normalized spacial score (nSPS) is 15.3. The third-order valence-electron chi connectivity index (χ3n) is 9.84. The summed E-state index contributed by atoms with van der Waals surface area (Å²) in [7, 11) is 1.15. The number of nitrogens with zero attached hydrogens (tertiary/aromatic N) is 3. The number of benzene rings is 3. The van der Waals surface area contributed by atoms with Crippen LogP contribution in [0.3, 0.4) is 0 Å². The number of methoxy groups -OCH3 is 1. The summed E-state index contributed by atoms with van der Waals surface area (Å²) in [5, 5.41) is 14.2. The Hall–Kier alpha value is -5.97. The van der Waals surface area contributed by atoms with E-state index < -0.39 is 54.1 Å². The van der Waals surface area contributed by atoms with Crippen molar-refractivity contribution in [3.8, 4) is 6.01 Å². The minimum Gasteiger partial charge on any atom is -0.467 e. The molecule has 2 aliphatic rings. The number of ether oxygens (including phenoxy) is 2. The summed E-state index contributed by atoms with van der Waals surface area (Å²) in [6, 6.07) is 18.7. The summed E-state index contributed by atoms with van der Waals surface area (Å²) in [5.74, 6) is -2.86. The van der Waals surface area contributed by atoms with Gasteiger partial charge in [-0.1, -0.05) is 55.1 Å². The summed E-state index contributed by atoms with van der Waals surface area (Å²) in [6.45, 7) is -1.75. The topological polar surface area (TPSA) is 186 Å². The van der Waals surface area contributed by atoms with Crippen molar-refractivity contribution >= 4 is 58.6 Å². The monoisotopic (exact) mass is 822 g/mol. The Morgan fingerprint density at radius 3 is 2.14 bits per heavy atom. The molecule has 2 fully saturated rings. The zero-order valence-electron chi connectivity index (χ0n) is 31.5. The van der Waals surface area contributed by atoms with Crippen LogP contribution in [0.5, 0.6) is 6.01 Å². The van der Waals surface area contributed by atoms with Crippen LogP contribution in [0.15, 0.2) is 72.8 Å². The summed E-state index contributed by atoms with van der Waals surface area (Å²) in [4.78, 5) is 63.1. The lowest BCUT2D eigenvalue weighted by atomic mass is 9.84. The molecule has 2 saturated carbocycles. The second kappa shape index (κ2) is 18.5. The minimum atomic E-state index is -4.64. The Labute approximate surface area is 337 Å². The maximum absolute atomic E-state index is 13.1. The number of aromatic nitrogens is 3. The highest BCUT2D eigenvalue weighted by molar-refractivity contribution is 6.39. The molecule has 18 heteroatoms. The highest BCUT2D eigenvalue weighted by Crippen LogP contribution is 2.48. The lowest BCUT2D eigenvalue weighted by Crippen LogP contribution is -2.44. The number of anilines is 4. The number of alkyl halides is 3. The van der Waals surface area contributed by atoms with Gasteiger partial charge in [0.05, 0.1) is 12.6 Å². The van der Waals surface area contributed by atoms with Crippen molar-refractivity contribution in [1.82, 2.24) is 25.6 Å². The molecule has 3 amide bonds. The van der Waals surface area contributed by atoms with E-state index in [2.05, 4.69) is 41.5 Å². The van der Waals surface area contributed by atoms with Gasteiger partial charge in [-0.25, -0.2) is 4.79 Å². The highest BCUT2D eigenvalue weighted by Gasteiger charge is 2.45. The molecule has 0 radical (unpaired) electrons. The van der Waals surface area contributed by atoms with E-state index in [-0.39, 0.29) is 30.4 Å². The SMILES string of the molecule is COC(=O)[C@H](CCNC(=O)C(=O)Nc1ccc(C2CCCCC2)cc1)NC(=O)c1ccc(Nc2nc(NC3(c4ccc(Cl)cc4)CC3)nc(OCC(F)(F)F)n2)cc1. The van der Waals surface area contributed by atoms with Crippen LogP contribution in [-0.2, 0) is 24.7 Å². The van der Waals surface area contributed by atoms with Gasteiger partial charge in [-0.05, 0) is 97.7 Å². The van der Waals surface area contributed by atoms with Gasteiger partial charge in [0.25, 0.3) is 5.91 Å².